The summed E-state index contributed by atoms with van der Waals surface area (Å²) in [4.78, 5) is 28.3. The van der Waals surface area contributed by atoms with Crippen molar-refractivity contribution in [2.45, 2.75) is 0 Å². The molecule has 0 aromatic carbocycles. The Labute approximate surface area is 83.3 Å². The third-order valence-electron chi connectivity index (χ3n) is 1.54. The second-order valence-electron chi connectivity index (χ2n) is 2.52. The molecule has 0 bridgehead atoms. The summed E-state index contributed by atoms with van der Waals surface area (Å²) in [5.74, 6) is -0.987. The molecule has 1 aromatic heterocycles. The number of ether oxygens (including phenoxy) is 3. The first kappa shape index (κ1) is 9.25. The SMILES string of the molecule is O=C(OC1=COCO1)c1ncc[nH]c1=O. The van der Waals surface area contributed by atoms with E-state index in [2.05, 4.69) is 19.4 Å². The summed E-state index contributed by atoms with van der Waals surface area (Å²) in [5.41, 5.74) is -0.962. The van der Waals surface area contributed by atoms with Crippen LogP contribution >= 0.6 is 0 Å². The van der Waals surface area contributed by atoms with Gasteiger partial charge in [-0.15, -0.1) is 0 Å². The number of aromatic nitrogens is 2. The van der Waals surface area contributed by atoms with Gasteiger partial charge in [0.25, 0.3) is 5.56 Å². The minimum Gasteiger partial charge on any atom is -0.458 e. The van der Waals surface area contributed by atoms with Gasteiger partial charge in [-0.3, -0.25) is 4.79 Å². The van der Waals surface area contributed by atoms with Crippen molar-refractivity contribution in [2.75, 3.05) is 6.79 Å². The smallest absolute Gasteiger partial charge is 0.370 e. The Kier molecular flexibility index (Phi) is 2.36. The van der Waals surface area contributed by atoms with E-state index in [0.29, 0.717) is 0 Å². The summed E-state index contributed by atoms with van der Waals surface area (Å²) < 4.78 is 14.1. The van der Waals surface area contributed by atoms with Crippen molar-refractivity contribution in [2.24, 2.45) is 0 Å². The Bertz CT molecular complexity index is 464. The Morgan fingerprint density at radius 2 is 2.47 bits per heavy atom. The topological polar surface area (TPSA) is 90.5 Å². The molecule has 0 radical (unpaired) electrons. The number of nitrogens with one attached hydrogen (secondary N) is 1. The highest BCUT2D eigenvalue weighted by molar-refractivity contribution is 5.87. The van der Waals surface area contributed by atoms with Crippen molar-refractivity contribution in [1.29, 1.82) is 0 Å². The van der Waals surface area contributed by atoms with Gasteiger partial charge in [0.15, 0.2) is 6.26 Å². The van der Waals surface area contributed by atoms with Crippen LogP contribution < -0.4 is 5.56 Å². The zero-order chi connectivity index (χ0) is 10.7. The molecule has 78 valence electrons. The van der Waals surface area contributed by atoms with Crippen LogP contribution in [0.15, 0.2) is 29.4 Å². The van der Waals surface area contributed by atoms with E-state index in [9.17, 15) is 9.59 Å². The molecule has 7 nitrogen and oxygen atoms in total. The largest absolute Gasteiger partial charge is 0.458 e. The van der Waals surface area contributed by atoms with Crippen LogP contribution in [0.3, 0.4) is 0 Å². The molecular weight excluding hydrogens is 204 g/mol. The van der Waals surface area contributed by atoms with Gasteiger partial charge in [0.05, 0.1) is 0 Å². The highest BCUT2D eigenvalue weighted by Crippen LogP contribution is 2.09. The first-order valence-corrected chi connectivity index (χ1v) is 3.98. The first-order valence-electron chi connectivity index (χ1n) is 3.98. The third kappa shape index (κ3) is 1.96. The van der Waals surface area contributed by atoms with Crippen molar-refractivity contribution in [3.63, 3.8) is 0 Å². The fourth-order valence-electron chi connectivity index (χ4n) is 0.919. The average molecular weight is 210 g/mol. The highest BCUT2D eigenvalue weighted by atomic mass is 16.8. The predicted octanol–water partition coefficient (Wildman–Crippen LogP) is -0.270. The lowest BCUT2D eigenvalue weighted by Crippen LogP contribution is -2.21. The molecule has 1 aromatic rings. The van der Waals surface area contributed by atoms with Crippen molar-refractivity contribution in [1.82, 2.24) is 9.97 Å². The Morgan fingerprint density at radius 3 is 3.13 bits per heavy atom. The Balaban J connectivity index is 2.15. The zero-order valence-corrected chi connectivity index (χ0v) is 7.43. The lowest BCUT2D eigenvalue weighted by Gasteiger charge is -2.00. The monoisotopic (exact) mass is 210 g/mol. The molecule has 1 aliphatic heterocycles. The number of rotatable bonds is 2. The van der Waals surface area contributed by atoms with Crippen LogP contribution in [0.4, 0.5) is 0 Å². The van der Waals surface area contributed by atoms with E-state index in [1.807, 2.05) is 0 Å². The average Bonchev–Trinajstić information content (AvgIpc) is 2.71. The second-order valence-corrected chi connectivity index (χ2v) is 2.52. The molecule has 0 fully saturated rings. The summed E-state index contributed by atoms with van der Waals surface area (Å²) in [6.45, 7) is -0.0127. The number of carbonyl (C=O) groups is 1. The van der Waals surface area contributed by atoms with Crippen LogP contribution in [0.25, 0.3) is 0 Å². The molecule has 2 rings (SSSR count). The fourth-order valence-corrected chi connectivity index (χ4v) is 0.919. The van der Waals surface area contributed by atoms with Gasteiger partial charge in [-0.25, -0.2) is 9.78 Å². The molecule has 0 spiro atoms. The van der Waals surface area contributed by atoms with E-state index >= 15 is 0 Å². The lowest BCUT2D eigenvalue weighted by molar-refractivity contribution is 0.0100. The molecular formula is C8H6N2O5. The van der Waals surface area contributed by atoms with Crippen molar-refractivity contribution < 1.29 is 19.0 Å². The summed E-state index contributed by atoms with van der Waals surface area (Å²) in [6.07, 6.45) is 3.72. The van der Waals surface area contributed by atoms with Gasteiger partial charge < -0.3 is 19.2 Å². The van der Waals surface area contributed by atoms with Crippen LogP contribution in [0, 0.1) is 0 Å². The lowest BCUT2D eigenvalue weighted by atomic mass is 10.4. The molecule has 1 aliphatic rings. The summed E-state index contributed by atoms with van der Waals surface area (Å²) in [5, 5.41) is 0. The summed E-state index contributed by atoms with van der Waals surface area (Å²) in [7, 11) is 0. The minimum absolute atomic E-state index is 0.0127. The number of nitrogens with zero attached hydrogens (tertiary/aromatic N) is 1. The number of hydrogen-bond acceptors (Lipinski definition) is 6. The maximum absolute atomic E-state index is 11.3. The van der Waals surface area contributed by atoms with Gasteiger partial charge >= 0.3 is 11.9 Å². The second kappa shape index (κ2) is 3.82. The van der Waals surface area contributed by atoms with Gasteiger partial charge in [-0.2, -0.15) is 0 Å². The normalized spacial score (nSPS) is 13.7. The standard InChI is InChI=1S/C8H6N2O5/c11-7-6(9-1-2-10-7)8(12)15-5-3-13-4-14-5/h1-3H,4H2,(H,10,11). The van der Waals surface area contributed by atoms with Crippen LogP contribution in [-0.4, -0.2) is 22.7 Å². The molecule has 0 atom stereocenters. The Hall–Kier alpha value is -2.31. The predicted molar refractivity (Wildman–Crippen MR) is 45.4 cm³/mol. The molecule has 15 heavy (non-hydrogen) atoms. The van der Waals surface area contributed by atoms with Crippen LogP contribution in [0.2, 0.25) is 0 Å². The van der Waals surface area contributed by atoms with Crippen LogP contribution in [-0.2, 0) is 14.2 Å². The van der Waals surface area contributed by atoms with Gasteiger partial charge in [0.1, 0.15) is 0 Å². The molecule has 0 aliphatic carbocycles. The first-order chi connectivity index (χ1) is 7.27. The minimum atomic E-state index is -0.895. The molecule has 0 saturated heterocycles. The van der Waals surface area contributed by atoms with Gasteiger partial charge in [-0.1, -0.05) is 0 Å². The molecule has 0 amide bonds. The molecule has 2 heterocycles. The molecule has 0 saturated carbocycles. The maximum Gasteiger partial charge on any atom is 0.370 e. The summed E-state index contributed by atoms with van der Waals surface area (Å²) in [6, 6.07) is 0. The number of carbonyl (C=O) groups excluding carboxylic acids is 1. The molecule has 0 unspecified atom stereocenters. The van der Waals surface area contributed by atoms with E-state index in [0.717, 1.165) is 6.26 Å². The van der Waals surface area contributed by atoms with Crippen molar-refractivity contribution >= 4 is 5.97 Å². The van der Waals surface area contributed by atoms with Crippen molar-refractivity contribution in [3.8, 4) is 0 Å². The van der Waals surface area contributed by atoms with E-state index in [4.69, 9.17) is 4.74 Å². The van der Waals surface area contributed by atoms with Gasteiger partial charge in [0.2, 0.25) is 12.5 Å². The molecule has 7 heteroatoms. The number of hydrogen-bond donors (Lipinski definition) is 1. The van der Waals surface area contributed by atoms with Crippen LogP contribution in [0.1, 0.15) is 10.5 Å². The quantitative estimate of drug-likeness (QED) is 0.675. The maximum atomic E-state index is 11.3. The Morgan fingerprint density at radius 1 is 1.60 bits per heavy atom. The van der Waals surface area contributed by atoms with Gasteiger partial charge in [0, 0.05) is 12.4 Å². The third-order valence-corrected chi connectivity index (χ3v) is 1.54. The van der Waals surface area contributed by atoms with E-state index in [-0.39, 0.29) is 18.4 Å². The van der Waals surface area contributed by atoms with E-state index in [1.54, 1.807) is 0 Å². The number of aromatic amines is 1. The number of H-pyrrole nitrogens is 1. The highest BCUT2D eigenvalue weighted by Gasteiger charge is 2.18. The van der Waals surface area contributed by atoms with E-state index < -0.39 is 11.5 Å². The summed E-state index contributed by atoms with van der Waals surface area (Å²) >= 11 is 0. The van der Waals surface area contributed by atoms with Crippen LogP contribution in [0.5, 0.6) is 0 Å². The van der Waals surface area contributed by atoms with Crippen molar-refractivity contribution in [3.05, 3.63) is 40.6 Å². The zero-order valence-electron chi connectivity index (χ0n) is 7.43. The van der Waals surface area contributed by atoms with E-state index in [1.165, 1.54) is 12.4 Å². The fraction of sp³-hybridized carbons (Fsp3) is 0.125. The molecule has 1 N–H and O–H groups in total. The van der Waals surface area contributed by atoms with Gasteiger partial charge in [-0.05, 0) is 0 Å². The number of esters is 1.